The molecule has 0 aromatic heterocycles. The Bertz CT molecular complexity index is 418. The fourth-order valence-electron chi connectivity index (χ4n) is 3.85. The highest BCUT2D eigenvalue weighted by molar-refractivity contribution is 5.14. The van der Waals surface area contributed by atoms with E-state index in [0.717, 1.165) is 12.6 Å². The van der Waals surface area contributed by atoms with Crippen LogP contribution in [0.2, 0.25) is 0 Å². The third-order valence-electron chi connectivity index (χ3n) is 5.36. The number of hydrogen-bond acceptors (Lipinski definition) is 2. The molecule has 3 rings (SSSR count). The maximum atomic E-state index is 2.67. The molecule has 2 heterocycles. The van der Waals surface area contributed by atoms with Crippen LogP contribution in [0.4, 0.5) is 0 Å². The standard InChI is InChI=1S/C18H28N2/c1-16(2)20-13-10-18(15-20)8-11-19(12-9-18)14-17-6-4-3-5-7-17/h3-7,16H,8-15H2,1-2H3. The molecule has 0 bridgehead atoms. The van der Waals surface area contributed by atoms with Gasteiger partial charge in [-0.15, -0.1) is 0 Å². The van der Waals surface area contributed by atoms with Gasteiger partial charge in [0, 0.05) is 19.1 Å². The molecule has 2 saturated heterocycles. The Kier molecular flexibility index (Phi) is 4.13. The van der Waals surface area contributed by atoms with E-state index >= 15 is 0 Å². The van der Waals surface area contributed by atoms with Gasteiger partial charge in [0.05, 0.1) is 0 Å². The Morgan fingerprint density at radius 3 is 2.25 bits per heavy atom. The van der Waals surface area contributed by atoms with Gasteiger partial charge in [0.15, 0.2) is 0 Å². The third-order valence-corrected chi connectivity index (χ3v) is 5.36. The first-order valence-electron chi connectivity index (χ1n) is 8.17. The maximum Gasteiger partial charge on any atom is 0.0233 e. The van der Waals surface area contributed by atoms with E-state index in [2.05, 4.69) is 54.0 Å². The molecule has 110 valence electrons. The molecular weight excluding hydrogens is 244 g/mol. The Morgan fingerprint density at radius 2 is 1.65 bits per heavy atom. The lowest BCUT2D eigenvalue weighted by Gasteiger charge is -2.39. The van der Waals surface area contributed by atoms with Gasteiger partial charge >= 0.3 is 0 Å². The van der Waals surface area contributed by atoms with E-state index in [-0.39, 0.29) is 0 Å². The molecule has 20 heavy (non-hydrogen) atoms. The van der Waals surface area contributed by atoms with Crippen LogP contribution in [0.3, 0.4) is 0 Å². The van der Waals surface area contributed by atoms with Crippen molar-refractivity contribution in [3.8, 4) is 0 Å². The van der Waals surface area contributed by atoms with E-state index in [0.29, 0.717) is 5.41 Å². The van der Waals surface area contributed by atoms with Gasteiger partial charge in [-0.25, -0.2) is 0 Å². The molecule has 2 heteroatoms. The molecule has 0 amide bonds. The zero-order valence-corrected chi connectivity index (χ0v) is 13.0. The van der Waals surface area contributed by atoms with E-state index in [4.69, 9.17) is 0 Å². The van der Waals surface area contributed by atoms with E-state index < -0.39 is 0 Å². The summed E-state index contributed by atoms with van der Waals surface area (Å²) in [5, 5.41) is 0. The average molecular weight is 272 g/mol. The van der Waals surface area contributed by atoms with Crippen LogP contribution in [0, 0.1) is 5.41 Å². The van der Waals surface area contributed by atoms with Crippen molar-refractivity contribution in [2.24, 2.45) is 5.41 Å². The molecule has 2 aliphatic rings. The maximum absolute atomic E-state index is 2.67. The highest BCUT2D eigenvalue weighted by Gasteiger charge is 2.40. The van der Waals surface area contributed by atoms with E-state index in [9.17, 15) is 0 Å². The molecule has 1 aromatic carbocycles. The summed E-state index contributed by atoms with van der Waals surface area (Å²) >= 11 is 0. The molecule has 0 N–H and O–H groups in total. The second kappa shape index (κ2) is 5.87. The first-order valence-corrected chi connectivity index (χ1v) is 8.17. The summed E-state index contributed by atoms with van der Waals surface area (Å²) in [6, 6.07) is 11.6. The molecule has 0 saturated carbocycles. The van der Waals surface area contributed by atoms with Gasteiger partial charge in [-0.3, -0.25) is 4.90 Å². The van der Waals surface area contributed by atoms with Crippen molar-refractivity contribution in [2.75, 3.05) is 26.2 Å². The van der Waals surface area contributed by atoms with Crippen molar-refractivity contribution in [3.63, 3.8) is 0 Å². The molecule has 0 atom stereocenters. The fourth-order valence-corrected chi connectivity index (χ4v) is 3.85. The van der Waals surface area contributed by atoms with Gasteiger partial charge < -0.3 is 4.90 Å². The van der Waals surface area contributed by atoms with Gasteiger partial charge in [0.25, 0.3) is 0 Å². The summed E-state index contributed by atoms with van der Waals surface area (Å²) in [5.74, 6) is 0. The van der Waals surface area contributed by atoms with Crippen molar-refractivity contribution in [1.29, 1.82) is 0 Å². The number of piperidine rings is 1. The molecule has 0 aliphatic carbocycles. The summed E-state index contributed by atoms with van der Waals surface area (Å²) in [6.45, 7) is 11.0. The van der Waals surface area contributed by atoms with Gasteiger partial charge in [-0.05, 0) is 63.7 Å². The van der Waals surface area contributed by atoms with Crippen LogP contribution in [0.15, 0.2) is 30.3 Å². The van der Waals surface area contributed by atoms with Crippen LogP contribution < -0.4 is 0 Å². The van der Waals surface area contributed by atoms with E-state index in [1.165, 1.54) is 51.0 Å². The lowest BCUT2D eigenvalue weighted by atomic mass is 9.77. The second-order valence-electron chi connectivity index (χ2n) is 7.08. The topological polar surface area (TPSA) is 6.48 Å². The Balaban J connectivity index is 1.53. The molecule has 2 fully saturated rings. The molecule has 2 aliphatic heterocycles. The summed E-state index contributed by atoms with van der Waals surface area (Å²) in [4.78, 5) is 5.31. The zero-order chi connectivity index (χ0) is 14.0. The highest BCUT2D eigenvalue weighted by Crippen LogP contribution is 2.41. The summed E-state index contributed by atoms with van der Waals surface area (Å²) in [7, 11) is 0. The van der Waals surface area contributed by atoms with Crippen LogP contribution in [0.25, 0.3) is 0 Å². The normalized spacial score (nSPS) is 23.8. The minimum atomic E-state index is 0.636. The molecule has 1 spiro atoms. The van der Waals surface area contributed by atoms with Crippen LogP contribution in [-0.2, 0) is 6.54 Å². The van der Waals surface area contributed by atoms with Crippen molar-refractivity contribution in [2.45, 2.75) is 45.7 Å². The van der Waals surface area contributed by atoms with Gasteiger partial charge in [0.2, 0.25) is 0 Å². The SMILES string of the molecule is CC(C)N1CCC2(CCN(Cc3ccccc3)CC2)C1. The molecule has 2 nitrogen and oxygen atoms in total. The first-order chi connectivity index (χ1) is 9.67. The largest absolute Gasteiger partial charge is 0.300 e. The molecule has 0 unspecified atom stereocenters. The van der Waals surface area contributed by atoms with E-state index in [1.807, 2.05) is 0 Å². The minimum absolute atomic E-state index is 0.636. The lowest BCUT2D eigenvalue weighted by molar-refractivity contribution is 0.0986. The van der Waals surface area contributed by atoms with Crippen LogP contribution in [0.5, 0.6) is 0 Å². The van der Waals surface area contributed by atoms with Crippen LogP contribution in [-0.4, -0.2) is 42.0 Å². The van der Waals surface area contributed by atoms with Gasteiger partial charge in [-0.2, -0.15) is 0 Å². The lowest BCUT2D eigenvalue weighted by Crippen LogP contribution is -2.41. The predicted molar refractivity (Wildman–Crippen MR) is 84.7 cm³/mol. The number of benzene rings is 1. The minimum Gasteiger partial charge on any atom is -0.300 e. The predicted octanol–water partition coefficient (Wildman–Crippen LogP) is 3.38. The van der Waals surface area contributed by atoms with E-state index in [1.54, 1.807) is 0 Å². The molecular formula is C18H28N2. The smallest absolute Gasteiger partial charge is 0.0233 e. The van der Waals surface area contributed by atoms with Gasteiger partial charge in [-0.1, -0.05) is 30.3 Å². The van der Waals surface area contributed by atoms with Crippen LogP contribution >= 0.6 is 0 Å². The Labute approximate surface area is 123 Å². The Morgan fingerprint density at radius 1 is 1.00 bits per heavy atom. The third kappa shape index (κ3) is 3.07. The number of likely N-dealkylation sites (tertiary alicyclic amines) is 2. The Hall–Kier alpha value is -0.860. The van der Waals surface area contributed by atoms with Gasteiger partial charge in [0.1, 0.15) is 0 Å². The highest BCUT2D eigenvalue weighted by atomic mass is 15.2. The van der Waals surface area contributed by atoms with Crippen molar-refractivity contribution < 1.29 is 0 Å². The number of hydrogen-bond donors (Lipinski definition) is 0. The van der Waals surface area contributed by atoms with Crippen LogP contribution in [0.1, 0.15) is 38.7 Å². The molecule has 0 radical (unpaired) electrons. The number of rotatable bonds is 3. The summed E-state index contributed by atoms with van der Waals surface area (Å²) in [6.07, 6.45) is 4.20. The molecule has 1 aromatic rings. The number of nitrogens with zero attached hydrogens (tertiary/aromatic N) is 2. The zero-order valence-electron chi connectivity index (χ0n) is 13.0. The van der Waals surface area contributed by atoms with Crippen molar-refractivity contribution in [1.82, 2.24) is 9.80 Å². The summed E-state index contributed by atoms with van der Waals surface area (Å²) in [5.41, 5.74) is 2.09. The summed E-state index contributed by atoms with van der Waals surface area (Å²) < 4.78 is 0. The van der Waals surface area contributed by atoms with Crippen molar-refractivity contribution >= 4 is 0 Å². The first kappa shape index (κ1) is 14.1. The fraction of sp³-hybridized carbons (Fsp3) is 0.667. The quantitative estimate of drug-likeness (QED) is 0.832. The average Bonchev–Trinajstić information content (AvgIpc) is 2.87. The van der Waals surface area contributed by atoms with Crippen molar-refractivity contribution in [3.05, 3.63) is 35.9 Å². The second-order valence-corrected chi connectivity index (χ2v) is 7.08. The monoisotopic (exact) mass is 272 g/mol.